The van der Waals surface area contributed by atoms with Crippen LogP contribution in [0.15, 0.2) is 17.5 Å². The van der Waals surface area contributed by atoms with Crippen molar-refractivity contribution in [3.05, 3.63) is 22.4 Å². The summed E-state index contributed by atoms with van der Waals surface area (Å²) >= 11 is 1.71. The predicted octanol–water partition coefficient (Wildman–Crippen LogP) is 4.61. The van der Waals surface area contributed by atoms with Crippen LogP contribution in [-0.2, 0) is 0 Å². The van der Waals surface area contributed by atoms with Crippen LogP contribution >= 0.6 is 11.3 Å². The lowest BCUT2D eigenvalue weighted by Gasteiger charge is -2.23. The van der Waals surface area contributed by atoms with Gasteiger partial charge in [-0.1, -0.05) is 45.1 Å². The zero-order chi connectivity index (χ0) is 14.2. The Labute approximate surface area is 126 Å². The molecular weight excluding hydrogens is 268 g/mol. The molecular formula is C16H26N2OS. The summed E-state index contributed by atoms with van der Waals surface area (Å²) in [5.74, 6) is 0. The lowest BCUT2D eigenvalue weighted by molar-refractivity contribution is 0.230. The van der Waals surface area contributed by atoms with Gasteiger partial charge in [-0.05, 0) is 30.7 Å². The van der Waals surface area contributed by atoms with E-state index in [0.717, 1.165) is 19.3 Å². The van der Waals surface area contributed by atoms with Gasteiger partial charge in [-0.25, -0.2) is 4.79 Å². The summed E-state index contributed by atoms with van der Waals surface area (Å²) in [6.45, 7) is 2.11. The zero-order valence-electron chi connectivity index (χ0n) is 12.4. The normalized spacial score (nSPS) is 18.9. The summed E-state index contributed by atoms with van der Waals surface area (Å²) in [5, 5.41) is 8.34. The van der Waals surface area contributed by atoms with Crippen molar-refractivity contribution < 1.29 is 4.79 Å². The van der Waals surface area contributed by atoms with Gasteiger partial charge >= 0.3 is 6.03 Å². The molecule has 3 nitrogen and oxygen atoms in total. The SMILES string of the molecule is CCC(NC(=O)NC1CCCCCCC1)c1cccs1. The first-order valence-corrected chi connectivity index (χ1v) is 8.78. The van der Waals surface area contributed by atoms with Crippen LogP contribution in [0.2, 0.25) is 0 Å². The molecule has 1 saturated carbocycles. The number of nitrogens with one attached hydrogen (secondary N) is 2. The summed E-state index contributed by atoms with van der Waals surface area (Å²) in [6, 6.07) is 4.63. The van der Waals surface area contributed by atoms with E-state index in [2.05, 4.69) is 29.0 Å². The van der Waals surface area contributed by atoms with Gasteiger partial charge in [-0.2, -0.15) is 0 Å². The molecule has 1 heterocycles. The molecule has 0 bridgehead atoms. The van der Waals surface area contributed by atoms with Gasteiger partial charge in [0.2, 0.25) is 0 Å². The quantitative estimate of drug-likeness (QED) is 0.836. The second-order valence-electron chi connectivity index (χ2n) is 5.64. The monoisotopic (exact) mass is 294 g/mol. The Hall–Kier alpha value is -1.03. The van der Waals surface area contributed by atoms with E-state index in [4.69, 9.17) is 0 Å². The maximum atomic E-state index is 12.2. The van der Waals surface area contributed by atoms with Crippen molar-refractivity contribution in [3.8, 4) is 0 Å². The van der Waals surface area contributed by atoms with Crippen molar-refractivity contribution in [2.45, 2.75) is 70.4 Å². The van der Waals surface area contributed by atoms with Crippen molar-refractivity contribution in [1.82, 2.24) is 10.6 Å². The van der Waals surface area contributed by atoms with Gasteiger partial charge in [0.05, 0.1) is 6.04 Å². The van der Waals surface area contributed by atoms with Gasteiger partial charge in [-0.3, -0.25) is 0 Å². The minimum absolute atomic E-state index is 0.00387. The molecule has 1 aliphatic rings. The fourth-order valence-corrected chi connectivity index (χ4v) is 3.71. The molecule has 1 aromatic rings. The van der Waals surface area contributed by atoms with Crippen LogP contribution in [0.4, 0.5) is 4.79 Å². The van der Waals surface area contributed by atoms with E-state index < -0.39 is 0 Å². The highest BCUT2D eigenvalue weighted by Gasteiger charge is 2.17. The fraction of sp³-hybridized carbons (Fsp3) is 0.688. The third kappa shape index (κ3) is 4.82. The van der Waals surface area contributed by atoms with E-state index in [0.29, 0.717) is 6.04 Å². The molecule has 2 N–H and O–H groups in total. The molecule has 1 fully saturated rings. The average Bonchev–Trinajstić information content (AvgIpc) is 2.93. The molecule has 4 heteroatoms. The maximum Gasteiger partial charge on any atom is 0.315 e. The molecule has 0 spiro atoms. The van der Waals surface area contributed by atoms with E-state index in [1.54, 1.807) is 11.3 Å². The number of urea groups is 1. The number of hydrogen-bond donors (Lipinski definition) is 2. The summed E-state index contributed by atoms with van der Waals surface area (Å²) in [6.07, 6.45) is 9.65. The molecule has 2 rings (SSSR count). The number of amides is 2. The van der Waals surface area contributed by atoms with E-state index in [1.165, 1.54) is 37.0 Å². The van der Waals surface area contributed by atoms with Crippen molar-refractivity contribution in [3.63, 3.8) is 0 Å². The minimum Gasteiger partial charge on any atom is -0.335 e. The lowest BCUT2D eigenvalue weighted by Crippen LogP contribution is -2.43. The Bertz CT molecular complexity index is 383. The Kier molecular flexibility index (Phi) is 6.37. The largest absolute Gasteiger partial charge is 0.335 e. The number of carbonyl (C=O) groups excluding carboxylic acids is 1. The fourth-order valence-electron chi connectivity index (χ4n) is 2.85. The Morgan fingerprint density at radius 3 is 2.60 bits per heavy atom. The van der Waals surface area contributed by atoms with Crippen molar-refractivity contribution >= 4 is 17.4 Å². The summed E-state index contributed by atoms with van der Waals surface area (Å²) in [5.41, 5.74) is 0. The third-order valence-corrected chi connectivity index (χ3v) is 5.03. The molecule has 1 aliphatic carbocycles. The average molecular weight is 294 g/mol. The lowest BCUT2D eigenvalue weighted by atomic mass is 9.97. The van der Waals surface area contributed by atoms with Crippen LogP contribution in [0, 0.1) is 0 Å². The predicted molar refractivity (Wildman–Crippen MR) is 85.1 cm³/mol. The van der Waals surface area contributed by atoms with E-state index in [1.807, 2.05) is 6.07 Å². The van der Waals surface area contributed by atoms with Crippen LogP contribution in [0.3, 0.4) is 0 Å². The van der Waals surface area contributed by atoms with Crippen LogP contribution in [0.25, 0.3) is 0 Å². The van der Waals surface area contributed by atoms with Gasteiger partial charge in [0.1, 0.15) is 0 Å². The summed E-state index contributed by atoms with van der Waals surface area (Å²) in [7, 11) is 0. The van der Waals surface area contributed by atoms with Crippen LogP contribution in [0.5, 0.6) is 0 Å². The Balaban J connectivity index is 1.81. The number of carbonyl (C=O) groups is 1. The van der Waals surface area contributed by atoms with E-state index in [9.17, 15) is 4.79 Å². The molecule has 1 atom stereocenters. The first-order valence-electron chi connectivity index (χ1n) is 7.90. The first kappa shape index (κ1) is 15.4. The standard InChI is InChI=1S/C16H26N2OS/c1-2-14(15-11-8-12-20-15)18-16(19)17-13-9-6-4-3-5-7-10-13/h8,11-14H,2-7,9-10H2,1H3,(H2,17,18,19). The second-order valence-corrected chi connectivity index (χ2v) is 6.62. The molecule has 0 radical (unpaired) electrons. The maximum absolute atomic E-state index is 12.2. The van der Waals surface area contributed by atoms with Gasteiger partial charge in [0.25, 0.3) is 0 Å². The van der Waals surface area contributed by atoms with E-state index in [-0.39, 0.29) is 12.1 Å². The van der Waals surface area contributed by atoms with E-state index >= 15 is 0 Å². The Morgan fingerprint density at radius 2 is 2.00 bits per heavy atom. The minimum atomic E-state index is -0.00387. The molecule has 0 aromatic carbocycles. The van der Waals surface area contributed by atoms with Gasteiger partial charge in [0, 0.05) is 10.9 Å². The van der Waals surface area contributed by atoms with Crippen LogP contribution < -0.4 is 10.6 Å². The smallest absolute Gasteiger partial charge is 0.315 e. The van der Waals surface area contributed by atoms with Crippen LogP contribution in [-0.4, -0.2) is 12.1 Å². The third-order valence-electron chi connectivity index (χ3n) is 4.04. The molecule has 0 aliphatic heterocycles. The number of hydrogen-bond acceptors (Lipinski definition) is 2. The van der Waals surface area contributed by atoms with Crippen molar-refractivity contribution in [2.75, 3.05) is 0 Å². The molecule has 1 unspecified atom stereocenters. The van der Waals surface area contributed by atoms with Gasteiger partial charge in [0.15, 0.2) is 0 Å². The highest BCUT2D eigenvalue weighted by molar-refractivity contribution is 7.10. The van der Waals surface area contributed by atoms with Crippen LogP contribution in [0.1, 0.15) is 69.2 Å². The van der Waals surface area contributed by atoms with Gasteiger partial charge in [-0.15, -0.1) is 11.3 Å². The zero-order valence-corrected chi connectivity index (χ0v) is 13.2. The second kappa shape index (κ2) is 8.30. The number of rotatable bonds is 4. The number of thiophene rings is 1. The molecule has 112 valence electrons. The highest BCUT2D eigenvalue weighted by Crippen LogP contribution is 2.22. The highest BCUT2D eigenvalue weighted by atomic mass is 32.1. The molecule has 2 amide bonds. The summed E-state index contributed by atoms with van der Waals surface area (Å²) < 4.78 is 0. The molecule has 1 aromatic heterocycles. The topological polar surface area (TPSA) is 41.1 Å². The molecule has 20 heavy (non-hydrogen) atoms. The Morgan fingerprint density at radius 1 is 1.30 bits per heavy atom. The first-order chi connectivity index (χ1) is 9.79. The summed E-state index contributed by atoms with van der Waals surface area (Å²) in [4.78, 5) is 13.4. The molecule has 0 saturated heterocycles. The van der Waals surface area contributed by atoms with Crippen molar-refractivity contribution in [2.24, 2.45) is 0 Å². The van der Waals surface area contributed by atoms with Gasteiger partial charge < -0.3 is 10.6 Å². The van der Waals surface area contributed by atoms with Crippen molar-refractivity contribution in [1.29, 1.82) is 0 Å².